The maximum atomic E-state index is 4.78. The normalized spacial score (nSPS) is 30.9. The van der Waals surface area contributed by atoms with Gasteiger partial charge in [-0.15, -0.1) is 23.1 Å². The largest absolute Gasteiger partial charge is 0.245 e. The van der Waals surface area contributed by atoms with E-state index >= 15 is 0 Å². The lowest BCUT2D eigenvalue weighted by molar-refractivity contribution is 0.819. The fraction of sp³-hybridized carbons (Fsp3) is 0.750. The molecule has 0 N–H and O–H groups in total. The van der Waals surface area contributed by atoms with Crippen LogP contribution in [0.3, 0.4) is 0 Å². The molecule has 2 heterocycles. The van der Waals surface area contributed by atoms with Crippen molar-refractivity contribution in [2.24, 2.45) is 0 Å². The topological polar surface area (TPSA) is 12.9 Å². The van der Waals surface area contributed by atoms with Gasteiger partial charge in [0.05, 0.1) is 10.9 Å². The van der Waals surface area contributed by atoms with E-state index in [1.807, 2.05) is 11.3 Å². The van der Waals surface area contributed by atoms with Crippen molar-refractivity contribution in [3.63, 3.8) is 0 Å². The molecular formula is C12H19NS3. The Morgan fingerprint density at radius 1 is 1.31 bits per heavy atom. The molecule has 1 fully saturated rings. The number of hydrogen-bond donors (Lipinski definition) is 0. The van der Waals surface area contributed by atoms with Crippen molar-refractivity contribution in [3.05, 3.63) is 16.1 Å². The van der Waals surface area contributed by atoms with E-state index in [2.05, 4.69) is 56.6 Å². The van der Waals surface area contributed by atoms with Crippen molar-refractivity contribution in [1.82, 2.24) is 4.98 Å². The molecule has 0 amide bonds. The van der Waals surface area contributed by atoms with Gasteiger partial charge in [-0.05, 0) is 5.92 Å². The number of nitrogens with zero attached hydrogens (tertiary/aromatic N) is 1. The summed E-state index contributed by atoms with van der Waals surface area (Å²) >= 11 is 6.03. The number of thiazole rings is 1. The Hall–Kier alpha value is 0.330. The lowest BCUT2D eigenvalue weighted by Crippen LogP contribution is -2.21. The molecule has 0 radical (unpaired) electrons. The molecule has 2 rings (SSSR count). The Kier molecular flexibility index (Phi) is 4.25. The molecule has 1 aliphatic rings. The predicted molar refractivity (Wildman–Crippen MR) is 77.9 cm³/mol. The van der Waals surface area contributed by atoms with E-state index < -0.39 is 0 Å². The summed E-state index contributed by atoms with van der Waals surface area (Å²) in [6, 6.07) is 0. The zero-order valence-electron chi connectivity index (χ0n) is 10.3. The number of rotatable bonds is 2. The molecule has 1 aromatic heterocycles. The first-order valence-electron chi connectivity index (χ1n) is 5.80. The summed E-state index contributed by atoms with van der Waals surface area (Å²) in [5.41, 5.74) is 1.26. The summed E-state index contributed by atoms with van der Waals surface area (Å²) in [6.45, 7) is 9.10. The highest BCUT2D eigenvalue weighted by atomic mass is 32.2. The van der Waals surface area contributed by atoms with Crippen LogP contribution in [0.15, 0.2) is 5.38 Å². The molecule has 3 unspecified atom stereocenters. The molecule has 0 saturated carbocycles. The van der Waals surface area contributed by atoms with Crippen molar-refractivity contribution < 1.29 is 0 Å². The van der Waals surface area contributed by atoms with Crippen LogP contribution in [0.2, 0.25) is 0 Å². The Labute approximate surface area is 111 Å². The lowest BCUT2D eigenvalue weighted by atomic mass is 10.2. The van der Waals surface area contributed by atoms with Crippen LogP contribution in [0.25, 0.3) is 0 Å². The lowest BCUT2D eigenvalue weighted by Gasteiger charge is -2.30. The molecule has 1 aromatic rings. The Morgan fingerprint density at radius 3 is 2.62 bits per heavy atom. The van der Waals surface area contributed by atoms with Crippen molar-refractivity contribution in [2.45, 2.75) is 49.4 Å². The van der Waals surface area contributed by atoms with E-state index in [9.17, 15) is 0 Å². The molecule has 0 bridgehead atoms. The van der Waals surface area contributed by atoms with Gasteiger partial charge in [0.1, 0.15) is 5.01 Å². The molecule has 1 aliphatic heterocycles. The smallest absolute Gasteiger partial charge is 0.107 e. The molecule has 1 saturated heterocycles. The first-order valence-corrected chi connectivity index (χ1v) is 8.67. The van der Waals surface area contributed by atoms with Gasteiger partial charge in [-0.25, -0.2) is 4.98 Å². The molecule has 1 nitrogen and oxygen atoms in total. The summed E-state index contributed by atoms with van der Waals surface area (Å²) < 4.78 is 0. The first kappa shape index (κ1) is 12.8. The van der Waals surface area contributed by atoms with Crippen LogP contribution < -0.4 is 0 Å². The zero-order valence-corrected chi connectivity index (χ0v) is 12.7. The zero-order chi connectivity index (χ0) is 11.7. The second kappa shape index (κ2) is 5.32. The van der Waals surface area contributed by atoms with Gasteiger partial charge in [0.25, 0.3) is 0 Å². The number of thioether (sulfide) groups is 2. The average molecular weight is 273 g/mol. The second-order valence-corrected chi connectivity index (χ2v) is 8.52. The second-order valence-electron chi connectivity index (χ2n) is 4.63. The fourth-order valence-electron chi connectivity index (χ4n) is 1.63. The highest BCUT2D eigenvalue weighted by molar-refractivity contribution is 8.07. The van der Waals surface area contributed by atoms with Crippen molar-refractivity contribution in [3.8, 4) is 0 Å². The minimum atomic E-state index is 0.558. The molecule has 3 atom stereocenters. The highest BCUT2D eigenvalue weighted by Crippen LogP contribution is 2.45. The van der Waals surface area contributed by atoms with Gasteiger partial charge in [0, 0.05) is 21.6 Å². The molecule has 16 heavy (non-hydrogen) atoms. The minimum absolute atomic E-state index is 0.558. The van der Waals surface area contributed by atoms with Gasteiger partial charge >= 0.3 is 0 Å². The van der Waals surface area contributed by atoms with Crippen LogP contribution >= 0.6 is 34.9 Å². The minimum Gasteiger partial charge on any atom is -0.245 e. The van der Waals surface area contributed by atoms with E-state index in [1.54, 1.807) is 0 Å². The van der Waals surface area contributed by atoms with Gasteiger partial charge in [0.15, 0.2) is 0 Å². The SMILES string of the molecule is CC(C)c1csc(C2CSC(C)C(C)S2)n1. The summed E-state index contributed by atoms with van der Waals surface area (Å²) in [5, 5.41) is 5.71. The summed E-state index contributed by atoms with van der Waals surface area (Å²) in [7, 11) is 0. The van der Waals surface area contributed by atoms with Crippen molar-refractivity contribution >= 4 is 34.9 Å². The number of aromatic nitrogens is 1. The molecule has 0 aliphatic carbocycles. The van der Waals surface area contributed by atoms with Crippen molar-refractivity contribution in [1.29, 1.82) is 0 Å². The van der Waals surface area contributed by atoms with E-state index in [0.717, 1.165) is 10.5 Å². The van der Waals surface area contributed by atoms with Gasteiger partial charge in [-0.1, -0.05) is 27.7 Å². The van der Waals surface area contributed by atoms with Crippen molar-refractivity contribution in [2.75, 3.05) is 5.75 Å². The van der Waals surface area contributed by atoms with Crippen LogP contribution in [0.4, 0.5) is 0 Å². The Balaban J connectivity index is 2.07. The first-order chi connectivity index (χ1) is 7.58. The molecule has 0 spiro atoms. The highest BCUT2D eigenvalue weighted by Gasteiger charge is 2.28. The van der Waals surface area contributed by atoms with Crippen LogP contribution in [0, 0.1) is 0 Å². The summed E-state index contributed by atoms with van der Waals surface area (Å²) in [4.78, 5) is 4.78. The third-order valence-corrected chi connectivity index (χ3v) is 7.48. The van der Waals surface area contributed by atoms with Gasteiger partial charge in [-0.2, -0.15) is 11.8 Å². The summed E-state index contributed by atoms with van der Waals surface area (Å²) in [5.74, 6) is 1.78. The standard InChI is InChI=1S/C12H19NS3/c1-7(2)10-5-15-12(13-10)11-6-14-8(3)9(4)16-11/h5,7-9,11H,6H2,1-4H3. The van der Waals surface area contributed by atoms with Crippen LogP contribution in [0.5, 0.6) is 0 Å². The third-order valence-electron chi connectivity index (χ3n) is 2.96. The maximum Gasteiger partial charge on any atom is 0.107 e. The predicted octanol–water partition coefficient (Wildman–Crippen LogP) is 4.56. The maximum absolute atomic E-state index is 4.78. The van der Waals surface area contributed by atoms with Crippen LogP contribution in [-0.4, -0.2) is 21.2 Å². The monoisotopic (exact) mass is 273 g/mol. The molecule has 90 valence electrons. The average Bonchev–Trinajstić information content (AvgIpc) is 2.71. The van der Waals surface area contributed by atoms with E-state index in [1.165, 1.54) is 16.5 Å². The Bertz CT molecular complexity index is 348. The fourth-order valence-corrected chi connectivity index (χ4v) is 5.82. The Morgan fingerprint density at radius 2 is 2.06 bits per heavy atom. The number of hydrogen-bond acceptors (Lipinski definition) is 4. The molecular weight excluding hydrogens is 254 g/mol. The van der Waals surface area contributed by atoms with Gasteiger partial charge in [-0.3, -0.25) is 0 Å². The third kappa shape index (κ3) is 2.77. The summed E-state index contributed by atoms with van der Waals surface area (Å²) in [6.07, 6.45) is 0. The quantitative estimate of drug-likeness (QED) is 0.784. The van der Waals surface area contributed by atoms with Crippen LogP contribution in [-0.2, 0) is 0 Å². The van der Waals surface area contributed by atoms with Gasteiger partial charge in [0.2, 0.25) is 0 Å². The molecule has 0 aromatic carbocycles. The van der Waals surface area contributed by atoms with E-state index in [4.69, 9.17) is 4.98 Å². The van der Waals surface area contributed by atoms with E-state index in [-0.39, 0.29) is 0 Å². The van der Waals surface area contributed by atoms with E-state index in [0.29, 0.717) is 11.2 Å². The van der Waals surface area contributed by atoms with Crippen LogP contribution in [0.1, 0.15) is 49.6 Å². The van der Waals surface area contributed by atoms with Gasteiger partial charge < -0.3 is 0 Å². The molecule has 4 heteroatoms.